The lowest BCUT2D eigenvalue weighted by Gasteiger charge is -2.11. The number of carbonyl (C=O) groups is 1. The molecular formula is C9H8ClFO3. The van der Waals surface area contributed by atoms with E-state index in [9.17, 15) is 9.18 Å². The van der Waals surface area contributed by atoms with Crippen LogP contribution in [0.2, 0.25) is 0 Å². The van der Waals surface area contributed by atoms with Crippen LogP contribution in [0.25, 0.3) is 0 Å². The van der Waals surface area contributed by atoms with Crippen molar-refractivity contribution >= 4 is 17.8 Å². The molecule has 1 rings (SSSR count). The molecule has 0 amide bonds. The van der Waals surface area contributed by atoms with E-state index in [2.05, 4.69) is 4.29 Å². The molecule has 0 spiro atoms. The molecule has 0 saturated carbocycles. The average Bonchev–Trinajstić information content (AvgIpc) is 2.21. The van der Waals surface area contributed by atoms with Crippen LogP contribution in [-0.4, -0.2) is 13.1 Å². The van der Waals surface area contributed by atoms with Gasteiger partial charge in [-0.25, -0.2) is 9.18 Å². The van der Waals surface area contributed by atoms with Crippen molar-refractivity contribution < 1.29 is 18.2 Å². The van der Waals surface area contributed by atoms with Gasteiger partial charge in [0.25, 0.3) is 0 Å². The quantitative estimate of drug-likeness (QED) is 0.780. The second-order valence-electron chi connectivity index (χ2n) is 2.56. The summed E-state index contributed by atoms with van der Waals surface area (Å²) < 4.78 is 21.4. The largest absolute Gasteiger partial charge is 0.365 e. The van der Waals surface area contributed by atoms with Crippen molar-refractivity contribution in [2.45, 2.75) is 6.10 Å². The second-order valence-corrected chi connectivity index (χ2v) is 2.72. The average molecular weight is 219 g/mol. The molecule has 1 atom stereocenters. The summed E-state index contributed by atoms with van der Waals surface area (Å²) in [7, 11) is 1.34. The molecule has 1 aromatic rings. The summed E-state index contributed by atoms with van der Waals surface area (Å²) in [5.41, 5.74) is 0.486. The van der Waals surface area contributed by atoms with Crippen molar-refractivity contribution in [1.82, 2.24) is 0 Å². The lowest BCUT2D eigenvalue weighted by atomic mass is 10.1. The molecule has 5 heteroatoms. The van der Waals surface area contributed by atoms with Gasteiger partial charge in [0, 0.05) is 7.11 Å². The van der Waals surface area contributed by atoms with Gasteiger partial charge in [0.15, 0.2) is 6.10 Å². The number of hydrogen-bond acceptors (Lipinski definition) is 3. The molecule has 0 fully saturated rings. The Balaban J connectivity index is 2.89. The third kappa shape index (κ3) is 2.43. The van der Waals surface area contributed by atoms with Crippen LogP contribution < -0.4 is 0 Å². The van der Waals surface area contributed by atoms with Crippen molar-refractivity contribution in [2.75, 3.05) is 7.11 Å². The van der Waals surface area contributed by atoms with Crippen LogP contribution in [0.15, 0.2) is 24.3 Å². The SMILES string of the molecule is COC(C(=O)OCl)c1ccc(F)cc1. The topological polar surface area (TPSA) is 35.5 Å². The molecule has 1 unspecified atom stereocenters. The first kappa shape index (κ1) is 10.9. The molecule has 0 aliphatic rings. The molecule has 14 heavy (non-hydrogen) atoms. The third-order valence-corrected chi connectivity index (χ3v) is 1.85. The van der Waals surface area contributed by atoms with Gasteiger partial charge in [-0.05, 0) is 17.7 Å². The normalized spacial score (nSPS) is 12.2. The van der Waals surface area contributed by atoms with Crippen LogP contribution in [-0.2, 0) is 13.8 Å². The molecule has 76 valence electrons. The van der Waals surface area contributed by atoms with Crippen molar-refractivity contribution in [3.8, 4) is 0 Å². The summed E-state index contributed by atoms with van der Waals surface area (Å²) in [4.78, 5) is 11.1. The standard InChI is InChI=1S/C9H8ClFO3/c1-13-8(9(12)14-10)6-2-4-7(11)5-3-6/h2-5,8H,1H3. The van der Waals surface area contributed by atoms with E-state index in [1.165, 1.54) is 31.4 Å². The second kappa shape index (κ2) is 4.93. The highest BCUT2D eigenvalue weighted by Crippen LogP contribution is 2.18. The van der Waals surface area contributed by atoms with Gasteiger partial charge in [0.2, 0.25) is 0 Å². The van der Waals surface area contributed by atoms with Crippen molar-refractivity contribution in [1.29, 1.82) is 0 Å². The van der Waals surface area contributed by atoms with Crippen molar-refractivity contribution in [2.24, 2.45) is 0 Å². The number of methoxy groups -OCH3 is 1. The molecule has 0 radical (unpaired) electrons. The first-order chi connectivity index (χ1) is 6.69. The minimum absolute atomic E-state index is 0.386. The molecule has 0 saturated heterocycles. The van der Waals surface area contributed by atoms with Gasteiger partial charge in [-0.15, -0.1) is 0 Å². The highest BCUT2D eigenvalue weighted by molar-refractivity contribution is 6.13. The fourth-order valence-corrected chi connectivity index (χ4v) is 1.13. The number of carbonyl (C=O) groups excluding carboxylic acids is 1. The number of hydrogen-bond donors (Lipinski definition) is 0. The van der Waals surface area contributed by atoms with Crippen LogP contribution in [0.3, 0.4) is 0 Å². The molecule has 3 nitrogen and oxygen atoms in total. The Labute approximate surface area is 85.6 Å². The van der Waals surface area contributed by atoms with Crippen molar-refractivity contribution in [3.05, 3.63) is 35.6 Å². The highest BCUT2D eigenvalue weighted by atomic mass is 35.5. The Kier molecular flexibility index (Phi) is 3.85. The van der Waals surface area contributed by atoms with Gasteiger partial charge in [-0.3, -0.25) is 0 Å². The summed E-state index contributed by atoms with van der Waals surface area (Å²) in [5.74, 6) is -1.12. The molecule has 0 aromatic heterocycles. The number of halogens is 2. The van der Waals surface area contributed by atoms with Crippen LogP contribution in [0.5, 0.6) is 0 Å². The fraction of sp³-hybridized carbons (Fsp3) is 0.222. The van der Waals surface area contributed by atoms with Gasteiger partial charge in [0.1, 0.15) is 17.7 Å². The monoisotopic (exact) mass is 218 g/mol. The maximum Gasteiger partial charge on any atom is 0.357 e. The van der Waals surface area contributed by atoms with Gasteiger partial charge in [-0.2, -0.15) is 0 Å². The zero-order chi connectivity index (χ0) is 10.6. The maximum atomic E-state index is 12.6. The van der Waals surface area contributed by atoms with Gasteiger partial charge >= 0.3 is 5.97 Å². The van der Waals surface area contributed by atoms with Gasteiger partial charge < -0.3 is 9.03 Å². The van der Waals surface area contributed by atoms with E-state index in [0.29, 0.717) is 5.56 Å². The Hall–Kier alpha value is -1.13. The lowest BCUT2D eigenvalue weighted by Crippen LogP contribution is -2.14. The van der Waals surface area contributed by atoms with Crippen LogP contribution in [0.4, 0.5) is 4.39 Å². The number of rotatable bonds is 3. The van der Waals surface area contributed by atoms with Gasteiger partial charge in [0.05, 0.1) is 0 Å². The molecule has 0 aliphatic heterocycles. The molecule has 0 aliphatic carbocycles. The third-order valence-electron chi connectivity index (χ3n) is 1.70. The van der Waals surface area contributed by atoms with Crippen LogP contribution >= 0.6 is 11.9 Å². The molecular weight excluding hydrogens is 211 g/mol. The fourth-order valence-electron chi connectivity index (χ4n) is 1.05. The van der Waals surface area contributed by atoms with E-state index < -0.39 is 12.1 Å². The van der Waals surface area contributed by atoms with E-state index >= 15 is 0 Å². The van der Waals surface area contributed by atoms with Crippen LogP contribution in [0.1, 0.15) is 11.7 Å². The molecule has 1 aromatic carbocycles. The Bertz CT molecular complexity index is 312. The zero-order valence-electron chi connectivity index (χ0n) is 7.37. The van der Waals surface area contributed by atoms with E-state index in [1.54, 1.807) is 0 Å². The smallest absolute Gasteiger partial charge is 0.357 e. The minimum Gasteiger partial charge on any atom is -0.365 e. The molecule has 0 bridgehead atoms. The van der Waals surface area contributed by atoms with E-state index in [4.69, 9.17) is 16.6 Å². The van der Waals surface area contributed by atoms with E-state index in [0.717, 1.165) is 0 Å². The molecule has 0 heterocycles. The maximum absolute atomic E-state index is 12.6. The Morgan fingerprint density at radius 2 is 2.00 bits per heavy atom. The zero-order valence-corrected chi connectivity index (χ0v) is 8.12. The Morgan fingerprint density at radius 1 is 1.43 bits per heavy atom. The van der Waals surface area contributed by atoms with Gasteiger partial charge in [-0.1, -0.05) is 12.1 Å². The first-order valence-corrected chi connectivity index (χ1v) is 4.10. The van der Waals surface area contributed by atoms with E-state index in [-0.39, 0.29) is 5.82 Å². The lowest BCUT2D eigenvalue weighted by molar-refractivity contribution is -0.145. The van der Waals surface area contributed by atoms with E-state index in [1.807, 2.05) is 0 Å². The van der Waals surface area contributed by atoms with Crippen molar-refractivity contribution in [3.63, 3.8) is 0 Å². The first-order valence-electron chi connectivity index (χ1n) is 3.79. The summed E-state index contributed by atoms with van der Waals surface area (Å²) in [5, 5.41) is 0. The predicted molar refractivity (Wildman–Crippen MR) is 48.1 cm³/mol. The summed E-state index contributed by atoms with van der Waals surface area (Å²) in [6, 6.07) is 5.31. The number of ether oxygens (including phenoxy) is 1. The summed E-state index contributed by atoms with van der Waals surface area (Å²) in [6.45, 7) is 0. The summed E-state index contributed by atoms with van der Waals surface area (Å²) >= 11 is 4.90. The predicted octanol–water partition coefficient (Wildman–Crippen LogP) is 2.21. The highest BCUT2D eigenvalue weighted by Gasteiger charge is 2.21. The Morgan fingerprint density at radius 3 is 2.43 bits per heavy atom. The minimum atomic E-state index is -0.923. The number of benzene rings is 1. The molecule has 0 N–H and O–H groups in total. The summed E-state index contributed by atoms with van der Waals surface area (Å²) in [6.07, 6.45) is -0.923. The van der Waals surface area contributed by atoms with Crippen LogP contribution in [0, 0.1) is 5.82 Å².